The molecule has 1 unspecified atom stereocenters. The van der Waals surface area contributed by atoms with E-state index in [0.717, 1.165) is 35.0 Å². The zero-order valence-electron chi connectivity index (χ0n) is 15.1. The first kappa shape index (κ1) is 16.3. The van der Waals surface area contributed by atoms with Gasteiger partial charge in [-0.3, -0.25) is 0 Å². The van der Waals surface area contributed by atoms with Crippen LogP contribution < -0.4 is 0 Å². The van der Waals surface area contributed by atoms with Crippen LogP contribution in [0, 0.1) is 5.92 Å². The van der Waals surface area contributed by atoms with Gasteiger partial charge in [0.05, 0.1) is 23.0 Å². The standard InChI is InChI=1S/C24H22N2O/c27-24(20-11-12-20,16-18-7-3-1-4-8-18)21-13-14-23-19(15-21)17-25-26(23)22-9-5-2-6-10-22/h1-10,13-15,17,20,27H,11-12,16H2. The molecule has 3 aromatic carbocycles. The molecule has 1 heterocycles. The van der Waals surface area contributed by atoms with Crippen molar-refractivity contribution in [2.45, 2.75) is 24.9 Å². The lowest BCUT2D eigenvalue weighted by molar-refractivity contribution is 0.0132. The summed E-state index contributed by atoms with van der Waals surface area (Å²) in [5, 5.41) is 17.3. The van der Waals surface area contributed by atoms with E-state index in [1.165, 1.54) is 5.56 Å². The highest BCUT2D eigenvalue weighted by Crippen LogP contribution is 2.48. The predicted molar refractivity (Wildman–Crippen MR) is 108 cm³/mol. The first-order valence-corrected chi connectivity index (χ1v) is 9.54. The van der Waals surface area contributed by atoms with Gasteiger partial charge < -0.3 is 5.11 Å². The molecular formula is C24H22N2O. The molecule has 1 N–H and O–H groups in total. The monoisotopic (exact) mass is 354 g/mol. The fourth-order valence-electron chi connectivity index (χ4n) is 4.03. The number of rotatable bonds is 5. The second kappa shape index (κ2) is 6.36. The number of para-hydroxylation sites is 1. The van der Waals surface area contributed by atoms with Crippen LogP contribution in [-0.4, -0.2) is 14.9 Å². The van der Waals surface area contributed by atoms with E-state index in [2.05, 4.69) is 47.6 Å². The van der Waals surface area contributed by atoms with E-state index in [-0.39, 0.29) is 0 Å². The minimum absolute atomic E-state index is 0.333. The quantitative estimate of drug-likeness (QED) is 0.555. The lowest BCUT2D eigenvalue weighted by Gasteiger charge is -2.29. The Morgan fingerprint density at radius 2 is 1.63 bits per heavy atom. The van der Waals surface area contributed by atoms with Crippen LogP contribution >= 0.6 is 0 Å². The van der Waals surface area contributed by atoms with Crippen LogP contribution in [0.4, 0.5) is 0 Å². The Morgan fingerprint density at radius 1 is 0.926 bits per heavy atom. The summed E-state index contributed by atoms with van der Waals surface area (Å²) in [5.74, 6) is 0.333. The summed E-state index contributed by atoms with van der Waals surface area (Å²) in [6, 6.07) is 26.7. The number of fused-ring (bicyclic) bond motifs is 1. The van der Waals surface area contributed by atoms with Crippen molar-refractivity contribution in [2.75, 3.05) is 0 Å². The zero-order valence-corrected chi connectivity index (χ0v) is 15.1. The third-order valence-electron chi connectivity index (χ3n) is 5.64. The highest BCUT2D eigenvalue weighted by Gasteiger charge is 2.45. The summed E-state index contributed by atoms with van der Waals surface area (Å²) in [6.07, 6.45) is 4.72. The van der Waals surface area contributed by atoms with Gasteiger partial charge in [-0.1, -0.05) is 54.6 Å². The minimum atomic E-state index is -0.815. The summed E-state index contributed by atoms with van der Waals surface area (Å²) in [5.41, 5.74) is 3.45. The lowest BCUT2D eigenvalue weighted by Crippen LogP contribution is -2.31. The maximum atomic E-state index is 11.6. The highest BCUT2D eigenvalue weighted by atomic mass is 16.3. The third-order valence-corrected chi connectivity index (χ3v) is 5.64. The van der Waals surface area contributed by atoms with Crippen molar-refractivity contribution >= 4 is 10.9 Å². The SMILES string of the molecule is OC(Cc1ccccc1)(c1ccc2c(cnn2-c2ccccc2)c1)C1CC1. The molecule has 0 aliphatic heterocycles. The van der Waals surface area contributed by atoms with E-state index in [9.17, 15) is 5.11 Å². The zero-order chi connectivity index (χ0) is 18.3. The molecule has 1 aliphatic carbocycles. The fourth-order valence-corrected chi connectivity index (χ4v) is 4.03. The molecule has 27 heavy (non-hydrogen) atoms. The number of hydrogen-bond acceptors (Lipinski definition) is 2. The lowest BCUT2D eigenvalue weighted by atomic mass is 9.82. The summed E-state index contributed by atoms with van der Waals surface area (Å²) < 4.78 is 1.95. The largest absolute Gasteiger partial charge is 0.385 e. The van der Waals surface area contributed by atoms with Gasteiger partial charge in [-0.05, 0) is 54.2 Å². The molecule has 4 aromatic rings. The molecule has 3 nitrogen and oxygen atoms in total. The van der Waals surface area contributed by atoms with Crippen molar-refractivity contribution in [3.8, 4) is 5.69 Å². The van der Waals surface area contributed by atoms with Gasteiger partial charge in [-0.25, -0.2) is 4.68 Å². The number of nitrogens with zero attached hydrogens (tertiary/aromatic N) is 2. The van der Waals surface area contributed by atoms with Crippen molar-refractivity contribution in [2.24, 2.45) is 5.92 Å². The molecule has 0 amide bonds. The molecule has 0 saturated heterocycles. The van der Waals surface area contributed by atoms with Gasteiger partial charge in [0.2, 0.25) is 0 Å². The van der Waals surface area contributed by atoms with Gasteiger partial charge in [0.15, 0.2) is 0 Å². The second-order valence-corrected chi connectivity index (χ2v) is 7.53. The highest BCUT2D eigenvalue weighted by molar-refractivity contribution is 5.81. The predicted octanol–water partition coefficient (Wildman–Crippen LogP) is 4.87. The molecule has 5 rings (SSSR count). The summed E-state index contributed by atoms with van der Waals surface area (Å²) in [4.78, 5) is 0. The second-order valence-electron chi connectivity index (χ2n) is 7.53. The van der Waals surface area contributed by atoms with Gasteiger partial charge in [0.25, 0.3) is 0 Å². The van der Waals surface area contributed by atoms with Crippen LogP contribution in [0.5, 0.6) is 0 Å². The van der Waals surface area contributed by atoms with E-state index in [0.29, 0.717) is 12.3 Å². The van der Waals surface area contributed by atoms with E-state index >= 15 is 0 Å². The van der Waals surface area contributed by atoms with Crippen molar-refractivity contribution in [1.29, 1.82) is 0 Å². The van der Waals surface area contributed by atoms with Crippen LogP contribution in [0.25, 0.3) is 16.6 Å². The molecule has 1 aliphatic rings. The van der Waals surface area contributed by atoms with Gasteiger partial charge in [0, 0.05) is 11.8 Å². The Morgan fingerprint density at radius 3 is 2.33 bits per heavy atom. The van der Waals surface area contributed by atoms with E-state index < -0.39 is 5.60 Å². The number of benzene rings is 3. The van der Waals surface area contributed by atoms with Crippen molar-refractivity contribution < 1.29 is 5.11 Å². The molecule has 1 atom stereocenters. The Hall–Kier alpha value is -2.91. The Labute approximate surface area is 158 Å². The van der Waals surface area contributed by atoms with Crippen molar-refractivity contribution in [3.05, 3.63) is 96.2 Å². The maximum absolute atomic E-state index is 11.6. The Bertz CT molecular complexity index is 1070. The number of hydrogen-bond donors (Lipinski definition) is 1. The van der Waals surface area contributed by atoms with E-state index in [1.807, 2.05) is 47.3 Å². The van der Waals surface area contributed by atoms with Crippen molar-refractivity contribution in [3.63, 3.8) is 0 Å². The molecule has 0 spiro atoms. The number of aromatic nitrogens is 2. The Kier molecular flexibility index (Phi) is 3.83. The smallest absolute Gasteiger partial charge is 0.0964 e. The van der Waals surface area contributed by atoms with Gasteiger partial charge in [0.1, 0.15) is 0 Å². The average Bonchev–Trinajstić information content (AvgIpc) is 3.49. The first-order chi connectivity index (χ1) is 13.2. The molecule has 1 saturated carbocycles. The van der Waals surface area contributed by atoms with Gasteiger partial charge >= 0.3 is 0 Å². The van der Waals surface area contributed by atoms with Crippen LogP contribution in [0.3, 0.4) is 0 Å². The minimum Gasteiger partial charge on any atom is -0.385 e. The van der Waals surface area contributed by atoms with Crippen molar-refractivity contribution in [1.82, 2.24) is 9.78 Å². The molecule has 3 heteroatoms. The van der Waals surface area contributed by atoms with E-state index in [4.69, 9.17) is 0 Å². The molecule has 134 valence electrons. The average molecular weight is 354 g/mol. The number of aliphatic hydroxyl groups is 1. The topological polar surface area (TPSA) is 38.1 Å². The van der Waals surface area contributed by atoms with Crippen LogP contribution in [0.2, 0.25) is 0 Å². The summed E-state index contributed by atoms with van der Waals surface area (Å²) >= 11 is 0. The van der Waals surface area contributed by atoms with Crippen LogP contribution in [0.1, 0.15) is 24.0 Å². The fraction of sp³-hybridized carbons (Fsp3) is 0.208. The van der Waals surface area contributed by atoms with Crippen LogP contribution in [-0.2, 0) is 12.0 Å². The summed E-state index contributed by atoms with van der Waals surface area (Å²) in [7, 11) is 0. The molecular weight excluding hydrogens is 332 g/mol. The Balaban J connectivity index is 1.55. The van der Waals surface area contributed by atoms with E-state index in [1.54, 1.807) is 0 Å². The molecule has 0 bridgehead atoms. The molecule has 1 fully saturated rings. The normalized spacial score (nSPS) is 16.3. The maximum Gasteiger partial charge on any atom is 0.0964 e. The van der Waals surface area contributed by atoms with Crippen LogP contribution in [0.15, 0.2) is 85.1 Å². The van der Waals surface area contributed by atoms with Gasteiger partial charge in [-0.2, -0.15) is 5.10 Å². The third kappa shape index (κ3) is 2.94. The van der Waals surface area contributed by atoms with Gasteiger partial charge in [-0.15, -0.1) is 0 Å². The molecule has 0 radical (unpaired) electrons. The first-order valence-electron chi connectivity index (χ1n) is 9.54. The summed E-state index contributed by atoms with van der Waals surface area (Å²) in [6.45, 7) is 0. The molecule has 1 aromatic heterocycles.